The minimum absolute atomic E-state index is 0.0780. The molecule has 0 radical (unpaired) electrons. The van der Waals surface area contributed by atoms with Gasteiger partial charge in [0.05, 0.1) is 15.1 Å². The lowest BCUT2D eigenvalue weighted by molar-refractivity contribution is -0.123. The Kier molecular flexibility index (Phi) is 7.65. The Labute approximate surface area is 199 Å². The zero-order valence-electron chi connectivity index (χ0n) is 15.2. The zero-order valence-corrected chi connectivity index (χ0v) is 19.9. The standard InChI is InChI=1S/C20H14Br2ClN3O3S/c21-12-6-7-13-11(9-12)5-8-16(18(13)22)29-10-17(27)25-26-20(30)24-19(28)14-3-1-2-4-15(14)23/h1-9H,10H2,(H,25,27)(H2,24,26,28,30). The van der Waals surface area contributed by atoms with Gasteiger partial charge in [-0.15, -0.1) is 0 Å². The number of amides is 2. The van der Waals surface area contributed by atoms with Crippen molar-refractivity contribution in [2.24, 2.45) is 0 Å². The minimum Gasteiger partial charge on any atom is -0.483 e. The summed E-state index contributed by atoms with van der Waals surface area (Å²) >= 11 is 17.9. The highest BCUT2D eigenvalue weighted by atomic mass is 79.9. The smallest absolute Gasteiger partial charge is 0.276 e. The Morgan fingerprint density at radius 2 is 1.80 bits per heavy atom. The van der Waals surface area contributed by atoms with E-state index in [1.807, 2.05) is 24.3 Å². The molecule has 0 aliphatic carbocycles. The molecule has 0 saturated carbocycles. The van der Waals surface area contributed by atoms with E-state index in [0.717, 1.165) is 19.7 Å². The fraction of sp³-hybridized carbons (Fsp3) is 0.0500. The highest BCUT2D eigenvalue weighted by Gasteiger charge is 2.12. The Bertz CT molecular complexity index is 1140. The molecule has 3 N–H and O–H groups in total. The summed E-state index contributed by atoms with van der Waals surface area (Å²) in [5, 5.41) is 4.63. The fourth-order valence-corrected chi connectivity index (χ4v) is 3.86. The quantitative estimate of drug-likeness (QED) is 0.312. The second-order valence-corrected chi connectivity index (χ2v) is 8.49. The van der Waals surface area contributed by atoms with Crippen molar-refractivity contribution < 1.29 is 14.3 Å². The molecule has 6 nitrogen and oxygen atoms in total. The lowest BCUT2D eigenvalue weighted by Gasteiger charge is -2.13. The summed E-state index contributed by atoms with van der Waals surface area (Å²) in [6.07, 6.45) is 0. The van der Waals surface area contributed by atoms with Gasteiger partial charge in [0.15, 0.2) is 11.7 Å². The van der Waals surface area contributed by atoms with Crippen LogP contribution in [0.1, 0.15) is 10.4 Å². The summed E-state index contributed by atoms with van der Waals surface area (Å²) in [4.78, 5) is 24.2. The summed E-state index contributed by atoms with van der Waals surface area (Å²) in [6, 6.07) is 16.1. The van der Waals surface area contributed by atoms with Crippen LogP contribution < -0.4 is 20.9 Å². The molecule has 0 aliphatic heterocycles. The van der Waals surface area contributed by atoms with E-state index in [0.29, 0.717) is 10.8 Å². The molecular formula is C20H14Br2ClN3O3S. The van der Waals surface area contributed by atoms with Gasteiger partial charge in [-0.25, -0.2) is 0 Å². The highest BCUT2D eigenvalue weighted by molar-refractivity contribution is 9.11. The third-order valence-corrected chi connectivity index (χ3v) is 5.75. The van der Waals surface area contributed by atoms with Crippen LogP contribution in [0.5, 0.6) is 5.75 Å². The molecule has 3 rings (SSSR count). The van der Waals surface area contributed by atoms with Crippen molar-refractivity contribution in [3.63, 3.8) is 0 Å². The van der Waals surface area contributed by atoms with Gasteiger partial charge >= 0.3 is 0 Å². The van der Waals surface area contributed by atoms with E-state index in [4.69, 9.17) is 28.6 Å². The first-order chi connectivity index (χ1) is 14.3. The molecule has 30 heavy (non-hydrogen) atoms. The Morgan fingerprint density at radius 3 is 2.57 bits per heavy atom. The van der Waals surface area contributed by atoms with Crippen LogP contribution in [0.25, 0.3) is 10.8 Å². The summed E-state index contributed by atoms with van der Waals surface area (Å²) < 4.78 is 7.29. The van der Waals surface area contributed by atoms with Gasteiger partial charge in [0.2, 0.25) is 0 Å². The van der Waals surface area contributed by atoms with Crippen LogP contribution in [0.3, 0.4) is 0 Å². The predicted octanol–water partition coefficient (Wildman–Crippen LogP) is 4.73. The number of ether oxygens (including phenoxy) is 1. The molecule has 0 aromatic heterocycles. The molecule has 0 aliphatic rings. The number of halogens is 3. The average molecular weight is 572 g/mol. The van der Waals surface area contributed by atoms with Crippen LogP contribution in [0.4, 0.5) is 0 Å². The van der Waals surface area contributed by atoms with E-state index in [1.165, 1.54) is 0 Å². The largest absolute Gasteiger partial charge is 0.483 e. The van der Waals surface area contributed by atoms with Crippen molar-refractivity contribution in [3.8, 4) is 5.75 Å². The van der Waals surface area contributed by atoms with Crippen LogP contribution >= 0.6 is 55.7 Å². The van der Waals surface area contributed by atoms with E-state index in [2.05, 4.69) is 48.0 Å². The van der Waals surface area contributed by atoms with E-state index in [1.54, 1.807) is 30.3 Å². The number of hydrogen-bond acceptors (Lipinski definition) is 4. The Hall–Kier alpha value is -2.20. The maximum atomic E-state index is 12.1. The zero-order chi connectivity index (χ0) is 21.7. The maximum Gasteiger partial charge on any atom is 0.276 e. The van der Waals surface area contributed by atoms with Gasteiger partial charge in [-0.2, -0.15) is 0 Å². The van der Waals surface area contributed by atoms with Gasteiger partial charge < -0.3 is 4.74 Å². The summed E-state index contributed by atoms with van der Waals surface area (Å²) in [5.74, 6) is -0.447. The van der Waals surface area contributed by atoms with Crippen molar-refractivity contribution in [1.82, 2.24) is 16.2 Å². The van der Waals surface area contributed by atoms with Crippen LogP contribution in [0.15, 0.2) is 63.5 Å². The summed E-state index contributed by atoms with van der Waals surface area (Å²) in [5.41, 5.74) is 5.08. The van der Waals surface area contributed by atoms with Gasteiger partial charge in [-0.05, 0) is 69.3 Å². The van der Waals surface area contributed by atoms with Crippen molar-refractivity contribution in [1.29, 1.82) is 0 Å². The van der Waals surface area contributed by atoms with Gasteiger partial charge in [0.25, 0.3) is 11.8 Å². The monoisotopic (exact) mass is 569 g/mol. The third-order valence-electron chi connectivity index (χ3n) is 3.90. The minimum atomic E-state index is -0.490. The number of nitrogens with one attached hydrogen (secondary N) is 3. The second-order valence-electron chi connectivity index (χ2n) is 5.97. The van der Waals surface area contributed by atoms with Crippen LogP contribution in [0.2, 0.25) is 5.02 Å². The van der Waals surface area contributed by atoms with Gasteiger partial charge in [0, 0.05) is 4.47 Å². The number of thiocarbonyl (C=S) groups is 1. The topological polar surface area (TPSA) is 79.5 Å². The molecule has 2 amide bonds. The van der Waals surface area contributed by atoms with E-state index in [-0.39, 0.29) is 17.3 Å². The lowest BCUT2D eigenvalue weighted by Crippen LogP contribution is -2.49. The number of hydrogen-bond donors (Lipinski definition) is 3. The number of rotatable bonds is 4. The van der Waals surface area contributed by atoms with Crippen molar-refractivity contribution in [2.75, 3.05) is 6.61 Å². The Balaban J connectivity index is 1.50. The first-order valence-electron chi connectivity index (χ1n) is 8.50. The molecule has 0 saturated heterocycles. The molecule has 154 valence electrons. The first kappa shape index (κ1) is 22.5. The SMILES string of the molecule is O=C(COc1ccc2cc(Br)ccc2c1Br)NNC(=S)NC(=O)c1ccccc1Cl. The van der Waals surface area contributed by atoms with E-state index in [9.17, 15) is 9.59 Å². The van der Waals surface area contributed by atoms with Crippen LogP contribution in [-0.2, 0) is 4.79 Å². The lowest BCUT2D eigenvalue weighted by atomic mass is 10.1. The van der Waals surface area contributed by atoms with Crippen molar-refractivity contribution >= 4 is 83.4 Å². The summed E-state index contributed by atoms with van der Waals surface area (Å²) in [7, 11) is 0. The molecule has 0 heterocycles. The first-order valence-corrected chi connectivity index (χ1v) is 10.9. The fourth-order valence-electron chi connectivity index (χ4n) is 2.51. The van der Waals surface area contributed by atoms with Crippen LogP contribution in [0, 0.1) is 0 Å². The molecule has 0 bridgehead atoms. The number of fused-ring (bicyclic) bond motifs is 1. The molecule has 0 spiro atoms. The van der Waals surface area contributed by atoms with Gasteiger partial charge in [-0.3, -0.25) is 25.8 Å². The van der Waals surface area contributed by atoms with Crippen LogP contribution in [-0.4, -0.2) is 23.5 Å². The second kappa shape index (κ2) is 10.2. The predicted molar refractivity (Wildman–Crippen MR) is 128 cm³/mol. The van der Waals surface area contributed by atoms with Crippen molar-refractivity contribution in [3.05, 3.63) is 74.1 Å². The molecule has 0 fully saturated rings. The number of benzene rings is 3. The van der Waals surface area contributed by atoms with Gasteiger partial charge in [-0.1, -0.05) is 51.8 Å². The molecular weight excluding hydrogens is 558 g/mol. The highest BCUT2D eigenvalue weighted by Crippen LogP contribution is 2.34. The van der Waals surface area contributed by atoms with Crippen molar-refractivity contribution in [2.45, 2.75) is 0 Å². The Morgan fingerprint density at radius 1 is 1.03 bits per heavy atom. The number of carbonyl (C=O) groups excluding carboxylic acids is 2. The van der Waals surface area contributed by atoms with E-state index < -0.39 is 11.8 Å². The number of hydrazine groups is 1. The third kappa shape index (κ3) is 5.69. The molecule has 3 aromatic carbocycles. The number of carbonyl (C=O) groups is 2. The molecule has 0 atom stereocenters. The maximum absolute atomic E-state index is 12.1. The molecule has 3 aromatic rings. The molecule has 0 unspecified atom stereocenters. The molecule has 10 heteroatoms. The van der Waals surface area contributed by atoms with E-state index >= 15 is 0 Å². The normalized spacial score (nSPS) is 10.4. The van der Waals surface area contributed by atoms with Gasteiger partial charge in [0.1, 0.15) is 5.75 Å². The summed E-state index contributed by atoms with van der Waals surface area (Å²) in [6.45, 7) is -0.255. The average Bonchev–Trinajstić information content (AvgIpc) is 2.72.